The molecule has 0 bridgehead atoms. The van der Waals surface area contributed by atoms with Crippen LogP contribution >= 0.6 is 12.2 Å². The van der Waals surface area contributed by atoms with E-state index in [1.165, 1.54) is 5.56 Å². The first-order valence-corrected chi connectivity index (χ1v) is 8.98. The van der Waals surface area contributed by atoms with E-state index < -0.39 is 0 Å². The highest BCUT2D eigenvalue weighted by atomic mass is 32.1. The molecular weight excluding hydrogens is 332 g/mol. The van der Waals surface area contributed by atoms with Crippen molar-refractivity contribution in [1.29, 1.82) is 0 Å². The molecule has 1 atom stereocenters. The van der Waals surface area contributed by atoms with E-state index in [-0.39, 0.29) is 6.04 Å². The summed E-state index contributed by atoms with van der Waals surface area (Å²) in [4.78, 5) is 0. The number of anilines is 1. The van der Waals surface area contributed by atoms with Crippen molar-refractivity contribution in [2.75, 3.05) is 18.5 Å². The van der Waals surface area contributed by atoms with Crippen LogP contribution in [0.15, 0.2) is 42.5 Å². The predicted molar refractivity (Wildman–Crippen MR) is 108 cm³/mol. The van der Waals surface area contributed by atoms with Crippen molar-refractivity contribution in [2.24, 2.45) is 0 Å². The average molecular weight is 359 g/mol. The predicted octanol–water partition coefficient (Wildman–Crippen LogP) is 4.84. The zero-order valence-electron chi connectivity index (χ0n) is 15.3. The van der Waals surface area contributed by atoms with Crippen LogP contribution in [0.2, 0.25) is 0 Å². The Kier molecular flexibility index (Phi) is 7.07. The minimum Gasteiger partial charge on any atom is -0.490 e. The lowest BCUT2D eigenvalue weighted by molar-refractivity contribution is 0.287. The lowest BCUT2D eigenvalue weighted by atomic mass is 10.1. The topological polar surface area (TPSA) is 42.5 Å². The summed E-state index contributed by atoms with van der Waals surface area (Å²) < 4.78 is 11.3. The minimum atomic E-state index is 0.0420. The Morgan fingerprint density at radius 1 is 1.00 bits per heavy atom. The molecule has 0 aliphatic rings. The normalized spacial score (nSPS) is 11.5. The van der Waals surface area contributed by atoms with Crippen molar-refractivity contribution in [3.05, 3.63) is 53.6 Å². The third-order valence-corrected chi connectivity index (χ3v) is 3.94. The number of rotatable bonds is 7. The van der Waals surface area contributed by atoms with Gasteiger partial charge in [0.25, 0.3) is 0 Å². The van der Waals surface area contributed by atoms with E-state index in [1.807, 2.05) is 44.2 Å². The summed E-state index contributed by atoms with van der Waals surface area (Å²) in [6.45, 7) is 9.25. The molecule has 2 aromatic rings. The van der Waals surface area contributed by atoms with Crippen molar-refractivity contribution in [1.82, 2.24) is 5.32 Å². The second kappa shape index (κ2) is 9.28. The van der Waals surface area contributed by atoms with E-state index in [0.29, 0.717) is 18.3 Å². The first kappa shape index (κ1) is 19.1. The fourth-order valence-corrected chi connectivity index (χ4v) is 2.72. The number of hydrogen-bond donors (Lipinski definition) is 2. The number of ether oxygens (including phenoxy) is 2. The number of thiocarbonyl (C=S) groups is 1. The van der Waals surface area contributed by atoms with Crippen LogP contribution in [0.5, 0.6) is 11.5 Å². The monoisotopic (exact) mass is 358 g/mol. The van der Waals surface area contributed by atoms with Gasteiger partial charge in [-0.2, -0.15) is 0 Å². The highest BCUT2D eigenvalue weighted by Gasteiger charge is 2.12. The Balaban J connectivity index is 2.03. The van der Waals surface area contributed by atoms with Crippen LogP contribution in [0.25, 0.3) is 0 Å². The van der Waals surface area contributed by atoms with Crippen molar-refractivity contribution >= 4 is 23.0 Å². The minimum absolute atomic E-state index is 0.0420. The van der Waals surface area contributed by atoms with Gasteiger partial charge >= 0.3 is 0 Å². The molecule has 0 spiro atoms. The Morgan fingerprint density at radius 2 is 1.64 bits per heavy atom. The number of hydrogen-bond acceptors (Lipinski definition) is 3. The van der Waals surface area contributed by atoms with E-state index in [0.717, 1.165) is 22.7 Å². The van der Waals surface area contributed by atoms with Crippen LogP contribution in [-0.4, -0.2) is 18.3 Å². The summed E-state index contributed by atoms with van der Waals surface area (Å²) in [5, 5.41) is 7.10. The van der Waals surface area contributed by atoms with Crippen molar-refractivity contribution < 1.29 is 9.47 Å². The zero-order valence-corrected chi connectivity index (χ0v) is 16.1. The van der Waals surface area contributed by atoms with E-state index in [1.54, 1.807) is 0 Å². The fraction of sp³-hybridized carbons (Fsp3) is 0.350. The third kappa shape index (κ3) is 5.64. The standard InChI is InChI=1S/C20H26N2O2S/c1-5-23-18-12-9-16(13-19(18)24-6-2)15(4)21-20(25)22-17-10-7-14(3)8-11-17/h7-13,15H,5-6H2,1-4H3,(H2,21,22,25)/t15-/m1/s1. The molecule has 0 radical (unpaired) electrons. The van der Waals surface area contributed by atoms with Gasteiger partial charge in [0.1, 0.15) is 0 Å². The number of nitrogens with one attached hydrogen (secondary N) is 2. The maximum absolute atomic E-state index is 5.69. The van der Waals surface area contributed by atoms with Crippen LogP contribution < -0.4 is 20.1 Å². The largest absolute Gasteiger partial charge is 0.490 e. The molecule has 25 heavy (non-hydrogen) atoms. The van der Waals surface area contributed by atoms with E-state index >= 15 is 0 Å². The molecule has 0 amide bonds. The van der Waals surface area contributed by atoms with E-state index in [9.17, 15) is 0 Å². The van der Waals surface area contributed by atoms with Gasteiger partial charge in [-0.3, -0.25) is 0 Å². The lowest BCUT2D eigenvalue weighted by Gasteiger charge is -2.19. The summed E-state index contributed by atoms with van der Waals surface area (Å²) in [5.74, 6) is 1.52. The molecule has 0 unspecified atom stereocenters. The summed E-state index contributed by atoms with van der Waals surface area (Å²) in [6, 6.07) is 14.1. The molecule has 4 nitrogen and oxygen atoms in total. The lowest BCUT2D eigenvalue weighted by Crippen LogP contribution is -2.30. The third-order valence-electron chi connectivity index (χ3n) is 3.72. The zero-order chi connectivity index (χ0) is 18.2. The molecule has 2 rings (SSSR count). The van der Waals surface area contributed by atoms with E-state index in [2.05, 4.69) is 36.6 Å². The molecule has 5 heteroatoms. The summed E-state index contributed by atoms with van der Waals surface area (Å²) in [5.41, 5.74) is 3.27. The molecule has 2 N–H and O–H groups in total. The van der Waals surface area contributed by atoms with Gasteiger partial charge in [-0.25, -0.2) is 0 Å². The van der Waals surface area contributed by atoms with Gasteiger partial charge in [0, 0.05) is 5.69 Å². The summed E-state index contributed by atoms with van der Waals surface area (Å²) >= 11 is 5.42. The molecule has 0 aliphatic carbocycles. The van der Waals surface area contributed by atoms with Crippen LogP contribution in [-0.2, 0) is 0 Å². The Labute approximate surface area is 155 Å². The highest BCUT2D eigenvalue weighted by Crippen LogP contribution is 2.30. The van der Waals surface area contributed by atoms with Crippen LogP contribution in [0.3, 0.4) is 0 Å². The van der Waals surface area contributed by atoms with Crippen molar-refractivity contribution in [2.45, 2.75) is 33.7 Å². The molecule has 2 aromatic carbocycles. The van der Waals surface area contributed by atoms with Crippen LogP contribution in [0.4, 0.5) is 5.69 Å². The SMILES string of the molecule is CCOc1ccc([C@@H](C)NC(=S)Nc2ccc(C)cc2)cc1OCC. The second-order valence-corrected chi connectivity index (χ2v) is 6.17. The maximum Gasteiger partial charge on any atom is 0.171 e. The molecular formula is C20H26N2O2S. The first-order chi connectivity index (χ1) is 12.0. The maximum atomic E-state index is 5.69. The first-order valence-electron chi connectivity index (χ1n) is 8.57. The number of benzene rings is 2. The summed E-state index contributed by atoms with van der Waals surface area (Å²) in [6.07, 6.45) is 0. The Morgan fingerprint density at radius 3 is 2.28 bits per heavy atom. The Bertz CT molecular complexity index is 701. The van der Waals surface area contributed by atoms with Gasteiger partial charge in [0.05, 0.1) is 19.3 Å². The van der Waals surface area contributed by atoms with Gasteiger partial charge < -0.3 is 20.1 Å². The molecule has 134 valence electrons. The van der Waals surface area contributed by atoms with Gasteiger partial charge in [-0.1, -0.05) is 23.8 Å². The van der Waals surface area contributed by atoms with Crippen LogP contribution in [0.1, 0.15) is 37.9 Å². The smallest absolute Gasteiger partial charge is 0.171 e. The Hall–Kier alpha value is -2.27. The van der Waals surface area contributed by atoms with Crippen molar-refractivity contribution in [3.63, 3.8) is 0 Å². The van der Waals surface area contributed by atoms with Gasteiger partial charge in [-0.15, -0.1) is 0 Å². The highest BCUT2D eigenvalue weighted by molar-refractivity contribution is 7.80. The quantitative estimate of drug-likeness (QED) is 0.693. The average Bonchev–Trinajstić information content (AvgIpc) is 2.59. The van der Waals surface area contributed by atoms with Gasteiger partial charge in [0.2, 0.25) is 0 Å². The van der Waals surface area contributed by atoms with Crippen molar-refractivity contribution in [3.8, 4) is 11.5 Å². The molecule has 0 saturated carbocycles. The molecule has 0 fully saturated rings. The summed E-state index contributed by atoms with van der Waals surface area (Å²) in [7, 11) is 0. The van der Waals surface area contributed by atoms with E-state index in [4.69, 9.17) is 21.7 Å². The fourth-order valence-electron chi connectivity index (χ4n) is 2.42. The van der Waals surface area contributed by atoms with Crippen LogP contribution in [0, 0.1) is 6.92 Å². The second-order valence-electron chi connectivity index (χ2n) is 5.76. The molecule has 0 aliphatic heterocycles. The molecule has 0 heterocycles. The number of aryl methyl sites for hydroxylation is 1. The van der Waals surface area contributed by atoms with Gasteiger partial charge in [0.15, 0.2) is 16.6 Å². The molecule has 0 aromatic heterocycles. The van der Waals surface area contributed by atoms with Gasteiger partial charge in [-0.05, 0) is 69.7 Å². The molecule has 0 saturated heterocycles.